The molecule has 1 aromatic rings. The van der Waals surface area contributed by atoms with Crippen LogP contribution in [0.15, 0.2) is 33.8 Å². The Hall–Kier alpha value is -1.91. The van der Waals surface area contributed by atoms with E-state index in [9.17, 15) is 14.9 Å². The maximum atomic E-state index is 12.1. The Morgan fingerprint density at radius 3 is 2.78 bits per heavy atom. The third-order valence-corrected chi connectivity index (χ3v) is 5.49. The van der Waals surface area contributed by atoms with E-state index >= 15 is 0 Å². The Morgan fingerprint density at radius 2 is 2.26 bits per heavy atom. The molecule has 0 spiro atoms. The van der Waals surface area contributed by atoms with E-state index in [0.717, 1.165) is 4.88 Å². The van der Waals surface area contributed by atoms with Crippen LogP contribution < -0.4 is 0 Å². The molecule has 5 nitrogen and oxygen atoms in total. The standard InChI is InChI=1S/C16H16N2O3S2/c1-9-14(10(2)19)15(12-5-4-6-22-12)11(7-17)16(18-9)23-8-13(20)21-3/h4-6,11,15H,8H2,1-3H3. The molecule has 2 atom stereocenters. The van der Waals surface area contributed by atoms with E-state index in [0.29, 0.717) is 16.3 Å². The van der Waals surface area contributed by atoms with Crippen LogP contribution in [0.1, 0.15) is 24.6 Å². The summed E-state index contributed by atoms with van der Waals surface area (Å²) in [4.78, 5) is 28.8. The summed E-state index contributed by atoms with van der Waals surface area (Å²) in [5.74, 6) is -1.28. The van der Waals surface area contributed by atoms with Gasteiger partial charge in [0, 0.05) is 22.1 Å². The van der Waals surface area contributed by atoms with Gasteiger partial charge in [-0.3, -0.25) is 9.59 Å². The number of aliphatic imine (C=N–C) groups is 1. The average Bonchev–Trinajstić information content (AvgIpc) is 3.05. The number of hydrogen-bond donors (Lipinski definition) is 0. The lowest BCUT2D eigenvalue weighted by atomic mass is 9.81. The van der Waals surface area contributed by atoms with Crippen LogP contribution in [0.3, 0.4) is 0 Å². The first-order chi connectivity index (χ1) is 11.0. The molecule has 1 aliphatic heterocycles. The third kappa shape index (κ3) is 3.71. The predicted molar refractivity (Wildman–Crippen MR) is 91.5 cm³/mol. The van der Waals surface area contributed by atoms with Crippen LogP contribution in [0.4, 0.5) is 0 Å². The Labute approximate surface area is 143 Å². The molecular weight excluding hydrogens is 332 g/mol. The molecule has 1 aromatic heterocycles. The van der Waals surface area contributed by atoms with Crippen LogP contribution in [0.5, 0.6) is 0 Å². The molecule has 120 valence electrons. The number of rotatable bonds is 4. The highest BCUT2D eigenvalue weighted by molar-refractivity contribution is 8.14. The Bertz CT molecular complexity index is 714. The van der Waals surface area contributed by atoms with Crippen molar-refractivity contribution in [3.63, 3.8) is 0 Å². The van der Waals surface area contributed by atoms with Gasteiger partial charge in [0.05, 0.1) is 24.0 Å². The predicted octanol–water partition coefficient (Wildman–Crippen LogP) is 3.15. The summed E-state index contributed by atoms with van der Waals surface area (Å²) in [5, 5.41) is 12.1. The van der Waals surface area contributed by atoms with E-state index in [1.165, 1.54) is 37.1 Å². The van der Waals surface area contributed by atoms with Crippen molar-refractivity contribution in [2.45, 2.75) is 19.8 Å². The van der Waals surface area contributed by atoms with Gasteiger partial charge < -0.3 is 4.74 Å². The number of nitriles is 1. The molecular formula is C16H16N2O3S2. The highest BCUT2D eigenvalue weighted by Crippen LogP contribution is 2.42. The Balaban J connectivity index is 2.44. The molecule has 0 bridgehead atoms. The molecule has 0 saturated carbocycles. The zero-order valence-electron chi connectivity index (χ0n) is 13.0. The van der Waals surface area contributed by atoms with E-state index in [1.807, 2.05) is 17.5 Å². The van der Waals surface area contributed by atoms with Gasteiger partial charge in [-0.2, -0.15) is 5.26 Å². The van der Waals surface area contributed by atoms with Gasteiger partial charge in [0.15, 0.2) is 5.78 Å². The fourth-order valence-corrected chi connectivity index (χ4v) is 4.35. The summed E-state index contributed by atoms with van der Waals surface area (Å²) in [7, 11) is 1.32. The van der Waals surface area contributed by atoms with Crippen LogP contribution in [-0.2, 0) is 14.3 Å². The molecule has 2 heterocycles. The molecule has 2 unspecified atom stereocenters. The van der Waals surface area contributed by atoms with Gasteiger partial charge in [0.2, 0.25) is 0 Å². The number of allylic oxidation sites excluding steroid dienone is 2. The first-order valence-corrected chi connectivity index (χ1v) is 8.79. The molecule has 0 aromatic carbocycles. The summed E-state index contributed by atoms with van der Waals surface area (Å²) in [6.45, 7) is 3.26. The van der Waals surface area contributed by atoms with E-state index in [4.69, 9.17) is 0 Å². The van der Waals surface area contributed by atoms with Crippen LogP contribution in [0, 0.1) is 17.2 Å². The van der Waals surface area contributed by atoms with E-state index in [2.05, 4.69) is 15.8 Å². The first-order valence-electron chi connectivity index (χ1n) is 6.92. The van der Waals surface area contributed by atoms with E-state index in [1.54, 1.807) is 6.92 Å². The molecule has 0 radical (unpaired) electrons. The SMILES string of the molecule is COC(=O)CSC1=NC(C)=C(C(C)=O)C(c2cccs2)C1C#N. The minimum Gasteiger partial charge on any atom is -0.468 e. The monoisotopic (exact) mass is 348 g/mol. The van der Waals surface area contributed by atoms with Gasteiger partial charge in [-0.25, -0.2) is 4.99 Å². The first kappa shape index (κ1) is 17.4. The number of thioether (sulfide) groups is 1. The Morgan fingerprint density at radius 1 is 1.52 bits per heavy atom. The number of Topliss-reactive ketones (excluding diaryl/α,β-unsaturated/α-hetero) is 1. The van der Waals surface area contributed by atoms with Gasteiger partial charge in [-0.05, 0) is 25.3 Å². The number of ketones is 1. The number of nitrogens with zero attached hydrogens (tertiary/aromatic N) is 2. The quantitative estimate of drug-likeness (QED) is 0.781. The number of thiophene rings is 1. The molecule has 2 rings (SSSR count). The lowest BCUT2D eigenvalue weighted by Gasteiger charge is -2.28. The second-order valence-corrected chi connectivity index (χ2v) is 6.94. The van der Waals surface area contributed by atoms with E-state index < -0.39 is 5.92 Å². The van der Waals surface area contributed by atoms with Crippen LogP contribution in [0.25, 0.3) is 0 Å². The Kier molecular flexibility index (Phi) is 5.74. The van der Waals surface area contributed by atoms with Crippen LogP contribution >= 0.6 is 23.1 Å². The number of esters is 1. The third-order valence-electron chi connectivity index (χ3n) is 3.51. The lowest BCUT2D eigenvalue weighted by molar-refractivity contribution is -0.137. The highest BCUT2D eigenvalue weighted by Gasteiger charge is 2.38. The fourth-order valence-electron chi connectivity index (χ4n) is 2.52. The molecule has 23 heavy (non-hydrogen) atoms. The summed E-state index contributed by atoms with van der Waals surface area (Å²) in [5.41, 5.74) is 1.18. The van der Waals surface area contributed by atoms with Crippen molar-refractivity contribution in [2.75, 3.05) is 12.9 Å². The number of carbonyl (C=O) groups excluding carboxylic acids is 2. The molecule has 0 N–H and O–H groups in total. The number of carbonyl (C=O) groups is 2. The number of hydrogen-bond acceptors (Lipinski definition) is 7. The molecule has 1 aliphatic rings. The van der Waals surface area contributed by atoms with Gasteiger partial charge >= 0.3 is 5.97 Å². The van der Waals surface area contributed by atoms with Crippen molar-refractivity contribution >= 4 is 39.9 Å². The highest BCUT2D eigenvalue weighted by atomic mass is 32.2. The topological polar surface area (TPSA) is 79.5 Å². The number of ether oxygens (including phenoxy) is 1. The van der Waals surface area contributed by atoms with E-state index in [-0.39, 0.29) is 23.4 Å². The van der Waals surface area contributed by atoms with Crippen molar-refractivity contribution in [1.82, 2.24) is 0 Å². The summed E-state index contributed by atoms with van der Waals surface area (Å²) in [6.07, 6.45) is 0. The average molecular weight is 348 g/mol. The van der Waals surface area contributed by atoms with Gasteiger partial charge in [-0.1, -0.05) is 17.8 Å². The molecule has 0 amide bonds. The zero-order valence-corrected chi connectivity index (χ0v) is 14.7. The lowest BCUT2D eigenvalue weighted by Crippen LogP contribution is -2.28. The second-order valence-electron chi connectivity index (χ2n) is 4.97. The molecule has 0 saturated heterocycles. The van der Waals surface area contributed by atoms with Gasteiger partial charge in [0.25, 0.3) is 0 Å². The molecule has 0 fully saturated rings. The van der Waals surface area contributed by atoms with Gasteiger partial charge in [-0.15, -0.1) is 11.3 Å². The van der Waals surface area contributed by atoms with Crippen molar-refractivity contribution < 1.29 is 14.3 Å². The van der Waals surface area contributed by atoms with Crippen molar-refractivity contribution in [2.24, 2.45) is 10.9 Å². The maximum Gasteiger partial charge on any atom is 0.316 e. The number of methoxy groups -OCH3 is 1. The minimum atomic E-state index is -0.578. The fraction of sp³-hybridized carbons (Fsp3) is 0.375. The summed E-state index contributed by atoms with van der Waals surface area (Å²) in [6, 6.07) is 6.07. The zero-order chi connectivity index (χ0) is 17.0. The maximum absolute atomic E-state index is 12.1. The van der Waals surface area contributed by atoms with Gasteiger partial charge in [0.1, 0.15) is 5.92 Å². The van der Waals surface area contributed by atoms with Crippen molar-refractivity contribution in [1.29, 1.82) is 5.26 Å². The molecule has 0 aliphatic carbocycles. The second kappa shape index (κ2) is 7.57. The normalized spacial score (nSPS) is 20.7. The summed E-state index contributed by atoms with van der Waals surface area (Å²) >= 11 is 2.70. The summed E-state index contributed by atoms with van der Waals surface area (Å²) < 4.78 is 4.63. The van der Waals surface area contributed by atoms with Crippen LogP contribution in [0.2, 0.25) is 0 Å². The smallest absolute Gasteiger partial charge is 0.316 e. The van der Waals surface area contributed by atoms with Crippen LogP contribution in [-0.4, -0.2) is 29.7 Å². The van der Waals surface area contributed by atoms with Crippen molar-refractivity contribution in [3.8, 4) is 6.07 Å². The minimum absolute atomic E-state index is 0.0816. The van der Waals surface area contributed by atoms with Crippen molar-refractivity contribution in [3.05, 3.63) is 33.7 Å². The largest absolute Gasteiger partial charge is 0.468 e. The molecule has 7 heteroatoms.